The first kappa shape index (κ1) is 18.2. The van der Waals surface area contributed by atoms with Crippen LogP contribution in [0.25, 0.3) is 0 Å². The minimum atomic E-state index is -3.91. The van der Waals surface area contributed by atoms with Gasteiger partial charge in [-0.3, -0.25) is 14.4 Å². The number of amides is 3. The fraction of sp³-hybridized carbons (Fsp3) is 0.211. The Labute approximate surface area is 161 Å². The molecule has 2 aliphatic rings. The zero-order valence-corrected chi connectivity index (χ0v) is 15.7. The van der Waals surface area contributed by atoms with Gasteiger partial charge in [-0.05, 0) is 55.3 Å². The topological polar surface area (TPSA) is 113 Å². The van der Waals surface area contributed by atoms with Gasteiger partial charge >= 0.3 is 0 Å². The monoisotopic (exact) mass is 399 g/mol. The Bertz CT molecular complexity index is 1100. The van der Waals surface area contributed by atoms with E-state index in [9.17, 15) is 22.8 Å². The lowest BCUT2D eigenvalue weighted by atomic mass is 10.1. The number of carbonyl (C=O) groups excluding carboxylic acids is 3. The molecule has 0 radical (unpaired) electrons. The molecule has 9 heteroatoms. The molecule has 3 amide bonds. The van der Waals surface area contributed by atoms with E-state index < -0.39 is 21.8 Å². The molecule has 0 bridgehead atoms. The molecular weight excluding hydrogens is 382 g/mol. The van der Waals surface area contributed by atoms with Crippen LogP contribution in [0.1, 0.15) is 40.5 Å². The van der Waals surface area contributed by atoms with E-state index in [-0.39, 0.29) is 28.0 Å². The third kappa shape index (κ3) is 3.13. The predicted octanol–water partition coefficient (Wildman–Crippen LogP) is 2.20. The Morgan fingerprint density at radius 2 is 1.61 bits per heavy atom. The number of nitrogens with one attached hydrogen (secondary N) is 2. The van der Waals surface area contributed by atoms with Crippen LogP contribution in [-0.2, 0) is 14.8 Å². The Hall–Kier alpha value is -3.20. The van der Waals surface area contributed by atoms with Crippen molar-refractivity contribution in [1.29, 1.82) is 0 Å². The average molecular weight is 399 g/mol. The van der Waals surface area contributed by atoms with E-state index >= 15 is 0 Å². The number of hydrogen-bond acceptors (Lipinski definition) is 5. The number of benzene rings is 2. The molecule has 0 atom stereocenters. The quantitative estimate of drug-likeness (QED) is 0.818. The summed E-state index contributed by atoms with van der Waals surface area (Å²) in [7, 11) is -3.91. The molecule has 8 nitrogen and oxygen atoms in total. The number of rotatable bonds is 4. The number of anilines is 2. The van der Waals surface area contributed by atoms with Gasteiger partial charge in [0.25, 0.3) is 21.8 Å². The van der Waals surface area contributed by atoms with Crippen LogP contribution in [-0.4, -0.2) is 36.5 Å². The maximum atomic E-state index is 12.7. The molecule has 144 valence electrons. The van der Waals surface area contributed by atoms with Gasteiger partial charge in [-0.1, -0.05) is 0 Å². The predicted molar refractivity (Wildman–Crippen MR) is 102 cm³/mol. The maximum Gasteiger partial charge on any atom is 0.269 e. The minimum absolute atomic E-state index is 0.100. The van der Waals surface area contributed by atoms with Crippen molar-refractivity contribution in [3.05, 3.63) is 53.6 Å². The van der Waals surface area contributed by atoms with Gasteiger partial charge in [-0.25, -0.2) is 12.7 Å². The van der Waals surface area contributed by atoms with Crippen molar-refractivity contribution < 1.29 is 22.8 Å². The van der Waals surface area contributed by atoms with Crippen molar-refractivity contribution in [3.63, 3.8) is 0 Å². The molecule has 2 aromatic rings. The smallest absolute Gasteiger partial charge is 0.269 e. The maximum absolute atomic E-state index is 12.7. The first-order valence-corrected chi connectivity index (χ1v) is 10.1. The lowest BCUT2D eigenvalue weighted by molar-refractivity contribution is -0.114. The van der Waals surface area contributed by atoms with Crippen LogP contribution in [0.5, 0.6) is 0 Å². The summed E-state index contributed by atoms with van der Waals surface area (Å²) in [5, 5.41) is 5.29. The van der Waals surface area contributed by atoms with Crippen LogP contribution in [0.3, 0.4) is 0 Å². The van der Waals surface area contributed by atoms with Crippen molar-refractivity contribution in [2.24, 2.45) is 0 Å². The van der Waals surface area contributed by atoms with Crippen LogP contribution in [0, 0.1) is 0 Å². The van der Waals surface area contributed by atoms with E-state index in [0.717, 1.165) is 4.31 Å². The first-order chi connectivity index (χ1) is 13.3. The Kier molecular flexibility index (Phi) is 4.19. The van der Waals surface area contributed by atoms with Gasteiger partial charge in [0.2, 0.25) is 5.91 Å². The molecule has 0 saturated heterocycles. The van der Waals surface area contributed by atoms with Crippen LogP contribution in [0.15, 0.2) is 47.4 Å². The zero-order valence-electron chi connectivity index (χ0n) is 14.9. The molecule has 0 unspecified atom stereocenters. The fourth-order valence-electron chi connectivity index (χ4n) is 3.10. The third-order valence-corrected chi connectivity index (χ3v) is 6.43. The molecule has 1 heterocycles. The van der Waals surface area contributed by atoms with Crippen LogP contribution in [0.4, 0.5) is 11.4 Å². The number of sulfonamides is 1. The summed E-state index contributed by atoms with van der Waals surface area (Å²) < 4.78 is 26.3. The molecule has 1 aliphatic heterocycles. The highest BCUT2D eigenvalue weighted by molar-refractivity contribution is 7.90. The van der Waals surface area contributed by atoms with Gasteiger partial charge in [-0.15, -0.1) is 0 Å². The summed E-state index contributed by atoms with van der Waals surface area (Å²) in [5.41, 5.74) is 1.31. The molecule has 28 heavy (non-hydrogen) atoms. The Morgan fingerprint density at radius 3 is 2.18 bits per heavy atom. The minimum Gasteiger partial charge on any atom is -0.326 e. The lowest BCUT2D eigenvalue weighted by Gasteiger charge is -2.13. The number of carbonyl (C=O) groups is 3. The second-order valence-corrected chi connectivity index (χ2v) is 8.54. The summed E-state index contributed by atoms with van der Waals surface area (Å²) in [6.45, 7) is 1.40. The molecule has 2 N–H and O–H groups in total. The summed E-state index contributed by atoms with van der Waals surface area (Å²) in [4.78, 5) is 35.8. The van der Waals surface area contributed by atoms with E-state index in [1.807, 2.05) is 0 Å². The highest BCUT2D eigenvalue weighted by Crippen LogP contribution is 2.39. The van der Waals surface area contributed by atoms with E-state index in [1.165, 1.54) is 25.1 Å². The Balaban J connectivity index is 1.56. The van der Waals surface area contributed by atoms with Gasteiger partial charge in [-0.2, -0.15) is 0 Å². The number of nitrogens with zero attached hydrogens (tertiary/aromatic N) is 1. The zero-order chi connectivity index (χ0) is 20.1. The van der Waals surface area contributed by atoms with Gasteiger partial charge < -0.3 is 10.6 Å². The average Bonchev–Trinajstić information content (AvgIpc) is 3.44. The van der Waals surface area contributed by atoms with Gasteiger partial charge in [0, 0.05) is 29.9 Å². The summed E-state index contributed by atoms with van der Waals surface area (Å²) in [5.74, 6) is -1.23. The molecular formula is C19H17N3O5S. The molecule has 2 aromatic carbocycles. The molecule has 4 rings (SSSR count). The van der Waals surface area contributed by atoms with Crippen molar-refractivity contribution in [2.75, 3.05) is 10.6 Å². The molecule has 0 aromatic heterocycles. The summed E-state index contributed by atoms with van der Waals surface area (Å²) >= 11 is 0. The normalized spacial score (nSPS) is 17.2. The van der Waals surface area contributed by atoms with E-state index in [2.05, 4.69) is 10.6 Å². The summed E-state index contributed by atoms with van der Waals surface area (Å²) in [6.07, 6.45) is 1.33. The van der Waals surface area contributed by atoms with Gasteiger partial charge in [0.15, 0.2) is 0 Å². The standard InChI is InChI=1S/C19H17N3O5S/c1-11(23)20-13-3-5-14(6-4-13)21-18(24)12-2-9-16-17(10-12)28(26,27)22(19(16)25)15-7-8-15/h2-6,9-10,15H,7-8H2,1H3,(H,20,23)(H,21,24). The van der Waals surface area contributed by atoms with E-state index in [0.29, 0.717) is 24.2 Å². The SMILES string of the molecule is CC(=O)Nc1ccc(NC(=O)c2ccc3c(c2)S(=O)(=O)N(C2CC2)C3=O)cc1. The molecule has 1 aliphatic carbocycles. The second kappa shape index (κ2) is 6.45. The van der Waals surface area contributed by atoms with E-state index in [4.69, 9.17) is 0 Å². The molecule has 0 spiro atoms. The lowest BCUT2D eigenvalue weighted by Crippen LogP contribution is -2.31. The Morgan fingerprint density at radius 1 is 1.00 bits per heavy atom. The van der Waals surface area contributed by atoms with Crippen LogP contribution < -0.4 is 10.6 Å². The molecule has 1 saturated carbocycles. The van der Waals surface area contributed by atoms with Crippen molar-refractivity contribution >= 4 is 39.1 Å². The summed E-state index contributed by atoms with van der Waals surface area (Å²) in [6, 6.07) is 10.3. The van der Waals surface area contributed by atoms with Gasteiger partial charge in [0.05, 0.1) is 5.56 Å². The number of fused-ring (bicyclic) bond motifs is 1. The van der Waals surface area contributed by atoms with E-state index in [1.54, 1.807) is 24.3 Å². The largest absolute Gasteiger partial charge is 0.326 e. The highest BCUT2D eigenvalue weighted by atomic mass is 32.2. The third-order valence-electron chi connectivity index (χ3n) is 4.55. The second-order valence-electron chi connectivity index (χ2n) is 6.76. The number of hydrogen-bond donors (Lipinski definition) is 2. The molecule has 1 fully saturated rings. The highest BCUT2D eigenvalue weighted by Gasteiger charge is 2.48. The van der Waals surface area contributed by atoms with Gasteiger partial charge in [0.1, 0.15) is 4.90 Å². The van der Waals surface area contributed by atoms with Crippen molar-refractivity contribution in [2.45, 2.75) is 30.7 Å². The van der Waals surface area contributed by atoms with Crippen LogP contribution >= 0.6 is 0 Å². The first-order valence-electron chi connectivity index (χ1n) is 8.69. The fourth-order valence-corrected chi connectivity index (χ4v) is 4.94. The van der Waals surface area contributed by atoms with Crippen LogP contribution in [0.2, 0.25) is 0 Å². The van der Waals surface area contributed by atoms with Crippen molar-refractivity contribution in [1.82, 2.24) is 4.31 Å². The van der Waals surface area contributed by atoms with Crippen molar-refractivity contribution in [3.8, 4) is 0 Å².